The molecule has 2 aromatic carbocycles. The zero-order valence-corrected chi connectivity index (χ0v) is 18.1. The van der Waals surface area contributed by atoms with Gasteiger partial charge in [0.2, 0.25) is 5.91 Å². The predicted molar refractivity (Wildman–Crippen MR) is 122 cm³/mol. The molecule has 0 saturated heterocycles. The summed E-state index contributed by atoms with van der Waals surface area (Å²) in [5.41, 5.74) is 2.50. The fraction of sp³-hybridized carbons (Fsp3) is 0.231. The summed E-state index contributed by atoms with van der Waals surface area (Å²) in [6, 6.07) is 11.3. The van der Waals surface area contributed by atoms with Gasteiger partial charge in [0.25, 0.3) is 5.56 Å². The third-order valence-corrected chi connectivity index (χ3v) is 6.52. The lowest BCUT2D eigenvalue weighted by Crippen LogP contribution is -2.39. The molecule has 1 saturated carbocycles. The van der Waals surface area contributed by atoms with Crippen LogP contribution in [-0.4, -0.2) is 15.9 Å². The van der Waals surface area contributed by atoms with Crippen molar-refractivity contribution in [3.05, 3.63) is 93.7 Å². The van der Waals surface area contributed by atoms with Crippen molar-refractivity contribution in [1.29, 1.82) is 0 Å². The minimum Gasteiger partial charge on any atom is -0.352 e. The van der Waals surface area contributed by atoms with Gasteiger partial charge in [0.05, 0.1) is 5.52 Å². The van der Waals surface area contributed by atoms with Gasteiger partial charge in [0.1, 0.15) is 17.5 Å². The molecule has 3 N–H and O–H groups in total. The number of H-pyrrole nitrogens is 2. The third kappa shape index (κ3) is 4.23. The Morgan fingerprint density at radius 3 is 2.53 bits per heavy atom. The first-order valence-electron chi connectivity index (χ1n) is 11.1. The molecular weight excluding hydrogens is 443 g/mol. The molecule has 34 heavy (non-hydrogen) atoms. The number of carbonyl (C=O) groups excluding carboxylic acids is 1. The monoisotopic (exact) mass is 465 g/mol. The van der Waals surface area contributed by atoms with E-state index in [2.05, 4.69) is 15.3 Å². The second kappa shape index (κ2) is 8.85. The van der Waals surface area contributed by atoms with Crippen molar-refractivity contribution in [1.82, 2.24) is 15.3 Å². The molecule has 0 radical (unpaired) electrons. The Kier molecular flexibility index (Phi) is 5.73. The summed E-state index contributed by atoms with van der Waals surface area (Å²) in [6.45, 7) is 0.159. The molecule has 1 aliphatic rings. The highest BCUT2D eigenvalue weighted by Crippen LogP contribution is 2.41. The molecule has 0 bridgehead atoms. The Labute approximate surface area is 193 Å². The molecule has 1 amide bonds. The number of fused-ring (bicyclic) bond motifs is 1. The summed E-state index contributed by atoms with van der Waals surface area (Å²) >= 11 is 0. The Balaban J connectivity index is 1.33. The molecule has 1 aliphatic carbocycles. The van der Waals surface area contributed by atoms with E-state index in [1.165, 1.54) is 24.4 Å². The summed E-state index contributed by atoms with van der Waals surface area (Å²) in [7, 11) is 0. The van der Waals surface area contributed by atoms with Gasteiger partial charge in [0, 0.05) is 41.4 Å². The van der Waals surface area contributed by atoms with Gasteiger partial charge in [-0.05, 0) is 72.7 Å². The van der Waals surface area contributed by atoms with Crippen LogP contribution in [0.15, 0.2) is 59.5 Å². The van der Waals surface area contributed by atoms with Crippen LogP contribution in [0.4, 0.5) is 13.2 Å². The Hall–Kier alpha value is -3.81. The summed E-state index contributed by atoms with van der Waals surface area (Å²) in [6.07, 6.45) is 3.32. The van der Waals surface area contributed by atoms with Crippen LogP contribution in [0.25, 0.3) is 22.2 Å². The van der Waals surface area contributed by atoms with Crippen molar-refractivity contribution in [2.45, 2.75) is 25.8 Å². The first-order valence-corrected chi connectivity index (χ1v) is 11.1. The number of halogens is 3. The maximum absolute atomic E-state index is 14.5. The van der Waals surface area contributed by atoms with Gasteiger partial charge < -0.3 is 15.3 Å². The maximum atomic E-state index is 14.5. The third-order valence-electron chi connectivity index (χ3n) is 6.52. The summed E-state index contributed by atoms with van der Waals surface area (Å²) < 4.78 is 41.9. The highest BCUT2D eigenvalue weighted by Gasteiger charge is 2.35. The Bertz CT molecular complexity index is 1420. The van der Waals surface area contributed by atoms with E-state index in [1.54, 1.807) is 24.3 Å². The molecule has 174 valence electrons. The van der Waals surface area contributed by atoms with Crippen LogP contribution >= 0.6 is 0 Å². The molecule has 0 unspecified atom stereocenters. The van der Waals surface area contributed by atoms with E-state index in [0.717, 1.165) is 11.6 Å². The van der Waals surface area contributed by atoms with Crippen LogP contribution < -0.4 is 10.9 Å². The van der Waals surface area contributed by atoms with Crippen LogP contribution in [0.2, 0.25) is 0 Å². The number of nitrogens with one attached hydrogen (secondary N) is 3. The van der Waals surface area contributed by atoms with Crippen molar-refractivity contribution in [3.63, 3.8) is 0 Å². The highest BCUT2D eigenvalue weighted by molar-refractivity contribution is 5.91. The zero-order chi connectivity index (χ0) is 23.8. The molecule has 0 aliphatic heterocycles. The quantitative estimate of drug-likeness (QED) is 0.382. The molecule has 0 atom stereocenters. The number of carbonyl (C=O) groups is 1. The lowest BCUT2D eigenvalue weighted by atomic mass is 9.71. The van der Waals surface area contributed by atoms with Gasteiger partial charge in [0.15, 0.2) is 0 Å². The van der Waals surface area contributed by atoms with Crippen LogP contribution in [0.3, 0.4) is 0 Å². The summed E-state index contributed by atoms with van der Waals surface area (Å²) in [5.74, 6) is -1.89. The lowest BCUT2D eigenvalue weighted by molar-refractivity contribution is -0.129. The van der Waals surface area contributed by atoms with E-state index in [4.69, 9.17) is 0 Å². The molecule has 2 aromatic heterocycles. The van der Waals surface area contributed by atoms with Crippen LogP contribution in [0, 0.1) is 29.3 Å². The smallest absolute Gasteiger partial charge is 0.252 e. The number of benzene rings is 2. The predicted octanol–water partition coefficient (Wildman–Crippen LogP) is 4.83. The summed E-state index contributed by atoms with van der Waals surface area (Å²) in [5, 5.41) is 3.26. The van der Waals surface area contributed by atoms with E-state index in [0.29, 0.717) is 41.5 Å². The SMILES string of the molecule is O=C(NCc1ccc[nH]c1=O)C1CC(Cc2c(-c3ccc(F)cc3)[nH]c3c(F)cc(F)cc23)C1. The fourth-order valence-electron chi connectivity index (χ4n) is 4.68. The molecule has 1 fully saturated rings. The number of amides is 1. The molecule has 8 heteroatoms. The van der Waals surface area contributed by atoms with Gasteiger partial charge >= 0.3 is 0 Å². The second-order valence-corrected chi connectivity index (χ2v) is 8.78. The molecular formula is C26H22F3N3O2. The van der Waals surface area contributed by atoms with Crippen LogP contribution in [-0.2, 0) is 17.8 Å². The maximum Gasteiger partial charge on any atom is 0.252 e. The summed E-state index contributed by atoms with van der Waals surface area (Å²) in [4.78, 5) is 29.9. The van der Waals surface area contributed by atoms with E-state index < -0.39 is 11.6 Å². The largest absolute Gasteiger partial charge is 0.352 e. The number of pyridine rings is 1. The van der Waals surface area contributed by atoms with E-state index in [-0.39, 0.29) is 41.2 Å². The average Bonchev–Trinajstić information content (AvgIpc) is 3.14. The number of hydrogen-bond donors (Lipinski definition) is 3. The van der Waals surface area contributed by atoms with Gasteiger partial charge in [-0.15, -0.1) is 0 Å². The van der Waals surface area contributed by atoms with E-state index >= 15 is 0 Å². The van der Waals surface area contributed by atoms with Crippen molar-refractivity contribution < 1.29 is 18.0 Å². The standard InChI is InChI=1S/C26H22F3N3O2/c27-18-5-3-15(4-6-18)23-20(21-11-19(28)12-22(29)24(21)32-23)10-14-8-17(9-14)26(34)31-13-16-2-1-7-30-25(16)33/h1-7,11-12,14,17,32H,8-10,13H2,(H,30,33)(H,31,34). The van der Waals surface area contributed by atoms with Crippen molar-refractivity contribution in [2.24, 2.45) is 11.8 Å². The number of rotatable bonds is 6. The minimum atomic E-state index is -0.689. The second-order valence-electron chi connectivity index (χ2n) is 8.78. The Morgan fingerprint density at radius 1 is 1.03 bits per heavy atom. The molecule has 0 spiro atoms. The molecule has 4 aromatic rings. The topological polar surface area (TPSA) is 77.8 Å². The fourth-order valence-corrected chi connectivity index (χ4v) is 4.68. The lowest BCUT2D eigenvalue weighted by Gasteiger charge is -2.34. The minimum absolute atomic E-state index is 0.116. The Morgan fingerprint density at radius 2 is 1.79 bits per heavy atom. The number of hydrogen-bond acceptors (Lipinski definition) is 2. The first kappa shape index (κ1) is 22.0. The van der Waals surface area contributed by atoms with Gasteiger partial charge in [-0.25, -0.2) is 13.2 Å². The van der Waals surface area contributed by atoms with Gasteiger partial charge in [-0.3, -0.25) is 9.59 Å². The van der Waals surface area contributed by atoms with Gasteiger partial charge in [-0.2, -0.15) is 0 Å². The molecule has 5 nitrogen and oxygen atoms in total. The van der Waals surface area contributed by atoms with E-state index in [9.17, 15) is 22.8 Å². The van der Waals surface area contributed by atoms with Crippen LogP contribution in [0.5, 0.6) is 0 Å². The molecule has 2 heterocycles. The zero-order valence-electron chi connectivity index (χ0n) is 18.1. The van der Waals surface area contributed by atoms with Crippen molar-refractivity contribution in [3.8, 4) is 11.3 Å². The average molecular weight is 465 g/mol. The van der Waals surface area contributed by atoms with Gasteiger partial charge in [-0.1, -0.05) is 6.07 Å². The number of aromatic amines is 2. The van der Waals surface area contributed by atoms with Crippen molar-refractivity contribution in [2.75, 3.05) is 0 Å². The number of aromatic nitrogens is 2. The van der Waals surface area contributed by atoms with Crippen molar-refractivity contribution >= 4 is 16.8 Å². The van der Waals surface area contributed by atoms with Crippen LogP contribution in [0.1, 0.15) is 24.0 Å². The molecule has 5 rings (SSSR count). The van der Waals surface area contributed by atoms with E-state index in [1.807, 2.05) is 0 Å². The first-order chi connectivity index (χ1) is 16.4. The highest BCUT2D eigenvalue weighted by atomic mass is 19.1. The normalized spacial score (nSPS) is 17.5.